The normalized spacial score (nSPS) is 12.5. The topological polar surface area (TPSA) is 46.9 Å². The van der Waals surface area contributed by atoms with Gasteiger partial charge in [0, 0.05) is 13.0 Å². The molecule has 0 saturated carbocycles. The van der Waals surface area contributed by atoms with E-state index in [1.54, 1.807) is 6.33 Å². The van der Waals surface area contributed by atoms with Gasteiger partial charge in [-0.1, -0.05) is 56.3 Å². The van der Waals surface area contributed by atoms with E-state index in [4.69, 9.17) is 0 Å². The standard InChI is InChI=1S/C20H23N3O/c1-15(2)20(16-8-4-3-5-9-16)22-19(24)12-13-23-14-21-17-10-6-7-11-18(17)23/h3-11,14-15,20H,12-13H2,1-2H3,(H,22,24). The summed E-state index contributed by atoms with van der Waals surface area (Å²) in [5.41, 5.74) is 3.17. The van der Waals surface area contributed by atoms with Crippen LogP contribution in [-0.4, -0.2) is 15.5 Å². The minimum Gasteiger partial charge on any atom is -0.349 e. The molecule has 0 aliphatic heterocycles. The van der Waals surface area contributed by atoms with Gasteiger partial charge in [0.15, 0.2) is 0 Å². The summed E-state index contributed by atoms with van der Waals surface area (Å²) in [6.45, 7) is 4.88. The fourth-order valence-corrected chi connectivity index (χ4v) is 2.95. The van der Waals surface area contributed by atoms with Crippen LogP contribution in [0.2, 0.25) is 0 Å². The number of carbonyl (C=O) groups excluding carboxylic acids is 1. The summed E-state index contributed by atoms with van der Waals surface area (Å²) in [5, 5.41) is 3.17. The highest BCUT2D eigenvalue weighted by Gasteiger charge is 2.18. The van der Waals surface area contributed by atoms with Gasteiger partial charge in [-0.15, -0.1) is 0 Å². The Labute approximate surface area is 142 Å². The molecule has 0 saturated heterocycles. The number of amides is 1. The molecule has 4 heteroatoms. The van der Waals surface area contributed by atoms with Gasteiger partial charge in [-0.2, -0.15) is 0 Å². The summed E-state index contributed by atoms with van der Waals surface area (Å²) >= 11 is 0. The van der Waals surface area contributed by atoms with E-state index in [2.05, 4.69) is 36.3 Å². The van der Waals surface area contributed by atoms with E-state index in [1.165, 1.54) is 0 Å². The molecule has 0 aliphatic carbocycles. The number of aromatic nitrogens is 2. The number of rotatable bonds is 6. The van der Waals surface area contributed by atoms with Gasteiger partial charge in [0.2, 0.25) is 5.91 Å². The zero-order valence-electron chi connectivity index (χ0n) is 14.1. The third-order valence-corrected chi connectivity index (χ3v) is 4.25. The number of carbonyl (C=O) groups is 1. The smallest absolute Gasteiger partial charge is 0.222 e. The summed E-state index contributed by atoms with van der Waals surface area (Å²) in [4.78, 5) is 16.8. The average molecular weight is 321 g/mol. The zero-order valence-corrected chi connectivity index (χ0v) is 14.1. The van der Waals surface area contributed by atoms with Crippen molar-refractivity contribution in [3.8, 4) is 0 Å². The summed E-state index contributed by atoms with van der Waals surface area (Å²) in [7, 11) is 0. The van der Waals surface area contributed by atoms with E-state index in [9.17, 15) is 4.79 Å². The van der Waals surface area contributed by atoms with Gasteiger partial charge >= 0.3 is 0 Å². The molecule has 1 atom stereocenters. The minimum atomic E-state index is 0.0400. The van der Waals surface area contributed by atoms with Gasteiger partial charge < -0.3 is 9.88 Å². The molecule has 0 aliphatic rings. The molecule has 1 amide bonds. The minimum absolute atomic E-state index is 0.0400. The van der Waals surface area contributed by atoms with Crippen LogP contribution in [0.1, 0.15) is 31.9 Å². The quantitative estimate of drug-likeness (QED) is 0.747. The van der Waals surface area contributed by atoms with Crippen molar-refractivity contribution < 1.29 is 4.79 Å². The summed E-state index contributed by atoms with van der Waals surface area (Å²) in [6.07, 6.45) is 2.24. The molecule has 2 aromatic carbocycles. The van der Waals surface area contributed by atoms with Crippen molar-refractivity contribution in [1.82, 2.24) is 14.9 Å². The van der Waals surface area contributed by atoms with Crippen LogP contribution < -0.4 is 5.32 Å². The fraction of sp³-hybridized carbons (Fsp3) is 0.300. The highest BCUT2D eigenvalue weighted by molar-refractivity contribution is 5.77. The van der Waals surface area contributed by atoms with Crippen molar-refractivity contribution in [3.63, 3.8) is 0 Å². The van der Waals surface area contributed by atoms with Crippen LogP contribution in [0.5, 0.6) is 0 Å². The second-order valence-corrected chi connectivity index (χ2v) is 6.38. The van der Waals surface area contributed by atoms with Crippen molar-refractivity contribution in [1.29, 1.82) is 0 Å². The summed E-state index contributed by atoms with van der Waals surface area (Å²) in [5.74, 6) is 0.403. The first kappa shape index (κ1) is 16.2. The summed E-state index contributed by atoms with van der Waals surface area (Å²) < 4.78 is 2.03. The molecule has 0 spiro atoms. The Morgan fingerprint density at radius 1 is 1.08 bits per heavy atom. The Bertz CT molecular complexity index is 808. The molecule has 0 fully saturated rings. The van der Waals surface area contributed by atoms with Gasteiger partial charge in [-0.3, -0.25) is 4.79 Å². The van der Waals surface area contributed by atoms with Crippen LogP contribution in [0.25, 0.3) is 11.0 Å². The van der Waals surface area contributed by atoms with Crippen molar-refractivity contribution >= 4 is 16.9 Å². The largest absolute Gasteiger partial charge is 0.349 e. The van der Waals surface area contributed by atoms with Crippen LogP contribution in [0.3, 0.4) is 0 Å². The Morgan fingerprint density at radius 3 is 2.54 bits per heavy atom. The molecule has 4 nitrogen and oxygen atoms in total. The SMILES string of the molecule is CC(C)C(NC(=O)CCn1cnc2ccccc21)c1ccccc1. The first-order valence-corrected chi connectivity index (χ1v) is 8.39. The first-order valence-electron chi connectivity index (χ1n) is 8.39. The molecule has 1 heterocycles. The number of nitrogens with zero attached hydrogens (tertiary/aromatic N) is 2. The van der Waals surface area contributed by atoms with E-state index in [-0.39, 0.29) is 11.9 Å². The van der Waals surface area contributed by atoms with Crippen LogP contribution in [-0.2, 0) is 11.3 Å². The second-order valence-electron chi connectivity index (χ2n) is 6.38. The molecular weight excluding hydrogens is 298 g/mol. The van der Waals surface area contributed by atoms with Crippen LogP contribution in [0.4, 0.5) is 0 Å². The molecule has 1 aromatic heterocycles. The van der Waals surface area contributed by atoms with Crippen LogP contribution in [0.15, 0.2) is 60.9 Å². The lowest BCUT2D eigenvalue weighted by Gasteiger charge is -2.23. The van der Waals surface area contributed by atoms with Gasteiger partial charge in [0.05, 0.1) is 23.4 Å². The highest BCUT2D eigenvalue weighted by Crippen LogP contribution is 2.21. The van der Waals surface area contributed by atoms with Gasteiger partial charge in [0.25, 0.3) is 0 Å². The first-order chi connectivity index (χ1) is 11.6. The van der Waals surface area contributed by atoms with Crippen molar-refractivity contribution in [2.75, 3.05) is 0 Å². The zero-order chi connectivity index (χ0) is 16.9. The number of nitrogens with one attached hydrogen (secondary N) is 1. The van der Waals surface area contributed by atoms with Gasteiger partial charge in [-0.25, -0.2) is 4.98 Å². The number of benzene rings is 2. The predicted molar refractivity (Wildman–Crippen MR) is 96.5 cm³/mol. The Balaban J connectivity index is 1.64. The molecule has 3 rings (SSSR count). The fourth-order valence-electron chi connectivity index (χ4n) is 2.95. The predicted octanol–water partition coefficient (Wildman–Crippen LogP) is 3.94. The third-order valence-electron chi connectivity index (χ3n) is 4.25. The molecule has 1 unspecified atom stereocenters. The van der Waals surface area contributed by atoms with E-state index >= 15 is 0 Å². The molecule has 1 N–H and O–H groups in total. The van der Waals surface area contributed by atoms with Gasteiger partial charge in [-0.05, 0) is 23.6 Å². The lowest BCUT2D eigenvalue weighted by atomic mass is 9.96. The number of imidazole rings is 1. The van der Waals surface area contributed by atoms with Crippen molar-refractivity contribution in [2.45, 2.75) is 32.9 Å². The molecular formula is C20H23N3O. The number of fused-ring (bicyclic) bond motifs is 1. The Kier molecular flexibility index (Phi) is 4.94. The maximum absolute atomic E-state index is 12.4. The van der Waals surface area contributed by atoms with Crippen molar-refractivity contribution in [3.05, 3.63) is 66.5 Å². The van der Waals surface area contributed by atoms with E-state index in [1.807, 2.05) is 47.0 Å². The summed E-state index contributed by atoms with van der Waals surface area (Å²) in [6, 6.07) is 18.2. The van der Waals surface area contributed by atoms with Gasteiger partial charge in [0.1, 0.15) is 0 Å². The van der Waals surface area contributed by atoms with E-state index in [0.717, 1.165) is 16.6 Å². The maximum Gasteiger partial charge on any atom is 0.222 e. The number of aryl methyl sites for hydroxylation is 1. The van der Waals surface area contributed by atoms with Crippen LogP contribution >= 0.6 is 0 Å². The second kappa shape index (κ2) is 7.30. The molecule has 0 radical (unpaired) electrons. The monoisotopic (exact) mass is 321 g/mol. The van der Waals surface area contributed by atoms with E-state index < -0.39 is 0 Å². The van der Waals surface area contributed by atoms with Crippen molar-refractivity contribution in [2.24, 2.45) is 5.92 Å². The lowest BCUT2D eigenvalue weighted by molar-refractivity contribution is -0.122. The molecule has 0 bridgehead atoms. The molecule has 124 valence electrons. The highest BCUT2D eigenvalue weighted by atomic mass is 16.1. The molecule has 3 aromatic rings. The van der Waals surface area contributed by atoms with Crippen LogP contribution in [0, 0.1) is 5.92 Å². The molecule has 24 heavy (non-hydrogen) atoms. The number of hydrogen-bond acceptors (Lipinski definition) is 2. The average Bonchev–Trinajstić information content (AvgIpc) is 3.01. The number of para-hydroxylation sites is 2. The number of hydrogen-bond donors (Lipinski definition) is 1. The Morgan fingerprint density at radius 2 is 1.79 bits per heavy atom. The third kappa shape index (κ3) is 3.65. The van der Waals surface area contributed by atoms with E-state index in [0.29, 0.717) is 18.9 Å². The Hall–Kier alpha value is -2.62. The maximum atomic E-state index is 12.4. The lowest BCUT2D eigenvalue weighted by Crippen LogP contribution is -2.32.